The maximum Gasteiger partial charge on any atom is 0.318 e. The molecule has 3 atom stereocenters. The lowest BCUT2D eigenvalue weighted by atomic mass is 9.94. The first-order valence-electron chi connectivity index (χ1n) is 46.8. The summed E-state index contributed by atoms with van der Waals surface area (Å²) in [7, 11) is 4.38. The first-order chi connectivity index (χ1) is 63.5. The molecule has 27 heteroatoms. The molecule has 6 aliphatic heterocycles. The van der Waals surface area contributed by atoms with Gasteiger partial charge in [-0.2, -0.15) is 29.9 Å². The van der Waals surface area contributed by atoms with Crippen molar-refractivity contribution < 1.29 is 33.3 Å². The van der Waals surface area contributed by atoms with Crippen LogP contribution in [0, 0.1) is 40.5 Å². The first-order valence-corrected chi connectivity index (χ1v) is 46.8. The number of carbonyl (C=O) groups is 3. The predicted octanol–water partition coefficient (Wildman–Crippen LogP) is 14.3. The Kier molecular flexibility index (Phi) is 29.6. The van der Waals surface area contributed by atoms with Crippen LogP contribution in [0.1, 0.15) is 121 Å². The normalized spacial score (nSPS) is 18.8. The number of nitrogens with zero attached hydrogens (tertiary/aromatic N) is 20. The lowest BCUT2D eigenvalue weighted by Gasteiger charge is -2.41. The van der Waals surface area contributed by atoms with Gasteiger partial charge in [0.25, 0.3) is 0 Å². The van der Waals surface area contributed by atoms with Crippen molar-refractivity contribution in [2.75, 3.05) is 181 Å². The van der Waals surface area contributed by atoms with Gasteiger partial charge in [-0.15, -0.1) is 0 Å². The van der Waals surface area contributed by atoms with E-state index in [0.29, 0.717) is 141 Å². The zero-order chi connectivity index (χ0) is 90.3. The molecule has 18 rings (SSSR count). The van der Waals surface area contributed by atoms with E-state index in [2.05, 4.69) is 218 Å². The molecule has 3 aliphatic carbocycles. The number of likely N-dealkylation sites (N-methyl/N-ethyl adjacent to an activating group) is 2. The number of ether oxygens (including phenoxy) is 4. The average molecular weight is 1750 g/mol. The molecule has 0 radical (unpaired) electrons. The molecule has 3 amide bonds. The van der Waals surface area contributed by atoms with Gasteiger partial charge < -0.3 is 87.4 Å². The summed E-state index contributed by atoms with van der Waals surface area (Å²) in [5.41, 5.74) is 13.8. The van der Waals surface area contributed by atoms with Gasteiger partial charge >= 0.3 is 18.0 Å². The smallest absolute Gasteiger partial charge is 0.318 e. The lowest BCUT2D eigenvalue weighted by Crippen LogP contribution is -2.56. The second-order valence-electron chi connectivity index (χ2n) is 36.0. The van der Waals surface area contributed by atoms with Crippen molar-refractivity contribution >= 4 is 84.6 Å². The number of amides is 3. The summed E-state index contributed by atoms with van der Waals surface area (Å²) in [5, 5.41) is 7.55. The highest BCUT2D eigenvalue weighted by atomic mass is 16.5. The average Bonchev–Trinajstić information content (AvgIpc) is 0.913. The molecule has 9 aromatic rings. The van der Waals surface area contributed by atoms with Gasteiger partial charge in [-0.1, -0.05) is 143 Å². The number of carbonyl (C=O) groups excluding carboxylic acids is 3. The minimum atomic E-state index is -0.229. The summed E-state index contributed by atoms with van der Waals surface area (Å²) in [5.74, 6) is 2.22. The number of fused-ring (bicyclic) bond motifs is 6. The number of piperazine rings is 3. The quantitative estimate of drug-likeness (QED) is 0.0266. The van der Waals surface area contributed by atoms with Gasteiger partial charge in [0.15, 0.2) is 0 Å². The highest BCUT2D eigenvalue weighted by Crippen LogP contribution is 2.42. The van der Waals surface area contributed by atoms with E-state index in [-0.39, 0.29) is 55.5 Å². The van der Waals surface area contributed by atoms with Crippen LogP contribution in [0.5, 0.6) is 18.0 Å². The van der Waals surface area contributed by atoms with E-state index >= 15 is 0 Å². The van der Waals surface area contributed by atoms with Crippen LogP contribution < -0.4 is 43.6 Å². The number of rotatable bonds is 27. The summed E-state index contributed by atoms with van der Waals surface area (Å²) < 4.78 is 24.4. The summed E-state index contributed by atoms with van der Waals surface area (Å²) >= 11 is 0. The van der Waals surface area contributed by atoms with Gasteiger partial charge in [0.1, 0.15) is 55.4 Å². The third kappa shape index (κ3) is 20.9. The molecule has 27 nitrogen and oxygen atoms in total. The van der Waals surface area contributed by atoms with Gasteiger partial charge in [-0.05, 0) is 162 Å². The molecule has 130 heavy (non-hydrogen) atoms. The van der Waals surface area contributed by atoms with E-state index in [1.807, 2.05) is 0 Å². The van der Waals surface area contributed by atoms with E-state index in [9.17, 15) is 14.4 Å². The Morgan fingerprint density at radius 2 is 0.715 bits per heavy atom. The summed E-state index contributed by atoms with van der Waals surface area (Å²) in [6, 6.07) is 40.6. The molecule has 9 heterocycles. The monoisotopic (exact) mass is 1750 g/mol. The second-order valence-corrected chi connectivity index (χ2v) is 36.0. The third-order valence-electron chi connectivity index (χ3n) is 27.7. The fraction of sp³-hybridized carbons (Fsp3) is 0.476. The highest BCUT2D eigenvalue weighted by Gasteiger charge is 2.40. The summed E-state index contributed by atoms with van der Waals surface area (Å²) in [6.07, 6.45) is 20.6. The maximum atomic E-state index is 12.6. The molecular weight excluding hydrogens is 1630 g/mol. The zero-order valence-electron chi connectivity index (χ0n) is 76.4. The van der Waals surface area contributed by atoms with E-state index in [1.54, 1.807) is 14.7 Å². The SMILES string of the molecule is [C-]#[N+]CC1CN(c2nc(OCCN(C)C3CCCC3)nc3c2CCN(c2cccc4cccc(C)c24)C3)CCN1C(=O)C=C.[C-]#[N+]CC1CN(c2nc(OCCN(C)C3CCCCC3)nc3c2CCN(c2cccc4cccc(C)c24)C3)CCN1C(=O)C=C.[C-]#[N+]CC1CN(c2nc(OCCOC3CC3)nc3c2CCN(c2cccc4cccc(C)c24)C3)CCN1C(=O)C=C. The standard InChI is InChI=1S/C36H45N7O2.C35H43N7O2.C32H36N6O3/c1-5-33(44)43-20-19-42(24-29(43)23-37-3)35-30-17-18-41(32-16-10-13-27-12-9-11-26(2)34(27)32)25-31(30)38-36(39-35)45-22-21-40(4)28-14-7-6-8-15-28;1-5-32(43)42-19-18-41(23-28(42)22-36-3)34-29-16-17-40(31-15-9-12-26-11-8-10-25(2)33(26)31)24-30(29)37-35(38-34)44-21-20-39(4)27-13-6-7-14-27;1-4-29(39)38-16-15-37(20-24(38)19-33-3)31-26-13-14-36(28-10-6-9-23-8-5-7-22(2)30(23)28)21-27(26)34-32(35-31)41-18-17-40-25-11-12-25/h5,9-13,16,28-29H,1,6-8,14-15,17-25H2,2,4H3;5,8-12,15,27-28H,1,6-7,13-14,16-24H2,2,4H3;4-10,24-25H,1,11-21H2,2H3. The lowest BCUT2D eigenvalue weighted by molar-refractivity contribution is -0.129. The molecule has 3 saturated heterocycles. The second kappa shape index (κ2) is 42.4. The first kappa shape index (κ1) is 90.9. The maximum absolute atomic E-state index is 12.6. The third-order valence-corrected chi connectivity index (χ3v) is 27.7. The number of aryl methyl sites for hydroxylation is 3. The fourth-order valence-corrected chi connectivity index (χ4v) is 20.6. The Balaban J connectivity index is 0.000000143. The highest BCUT2D eigenvalue weighted by molar-refractivity contribution is 5.99. The van der Waals surface area contributed by atoms with Crippen molar-refractivity contribution in [2.24, 2.45) is 0 Å². The van der Waals surface area contributed by atoms with Gasteiger partial charge in [0.05, 0.1) is 49.4 Å². The van der Waals surface area contributed by atoms with Gasteiger partial charge in [-0.3, -0.25) is 14.4 Å². The molecule has 3 aromatic heterocycles. The molecule has 6 aromatic carbocycles. The van der Waals surface area contributed by atoms with E-state index < -0.39 is 0 Å². The predicted molar refractivity (Wildman–Crippen MR) is 514 cm³/mol. The minimum absolute atomic E-state index is 0.125. The Hall–Kier alpha value is -12.5. The van der Waals surface area contributed by atoms with Crippen molar-refractivity contribution in [1.29, 1.82) is 0 Å². The molecule has 0 spiro atoms. The number of hydrogen-bond acceptors (Lipinski definition) is 21. The van der Waals surface area contributed by atoms with Crippen molar-refractivity contribution in [3.8, 4) is 18.0 Å². The summed E-state index contributed by atoms with van der Waals surface area (Å²) in [4.78, 5) is 103. The number of hydrogen-bond donors (Lipinski definition) is 0. The minimum Gasteiger partial charge on any atom is -0.462 e. The molecule has 678 valence electrons. The van der Waals surface area contributed by atoms with Crippen LogP contribution in [-0.4, -0.2) is 260 Å². The van der Waals surface area contributed by atoms with E-state index in [0.717, 1.165) is 116 Å². The fourth-order valence-electron chi connectivity index (χ4n) is 20.6. The molecule has 3 unspecified atom stereocenters. The Morgan fingerprint density at radius 1 is 0.400 bits per heavy atom. The van der Waals surface area contributed by atoms with Crippen molar-refractivity contribution in [2.45, 2.75) is 167 Å². The van der Waals surface area contributed by atoms with Crippen LogP contribution >= 0.6 is 0 Å². The largest absolute Gasteiger partial charge is 0.462 e. The number of anilines is 6. The van der Waals surface area contributed by atoms with Gasteiger partial charge in [-0.25, -0.2) is 19.7 Å². The molecule has 0 bridgehead atoms. The van der Waals surface area contributed by atoms with E-state index in [4.69, 9.17) is 68.6 Å². The summed E-state index contributed by atoms with van der Waals surface area (Å²) in [6.45, 7) is 53.9. The van der Waals surface area contributed by atoms with Crippen molar-refractivity contribution in [1.82, 2.24) is 54.4 Å². The Bertz CT molecular complexity index is 5720. The Morgan fingerprint density at radius 3 is 1.03 bits per heavy atom. The molecular formula is C103H124N20O7. The van der Waals surface area contributed by atoms with Gasteiger partial charge in [0.2, 0.25) is 37.4 Å². The number of aromatic nitrogens is 6. The van der Waals surface area contributed by atoms with Crippen LogP contribution in [0.4, 0.5) is 34.5 Å². The van der Waals surface area contributed by atoms with Gasteiger partial charge in [0, 0.05) is 154 Å². The van der Waals surface area contributed by atoms with Crippen LogP contribution in [0.25, 0.3) is 46.9 Å². The van der Waals surface area contributed by atoms with Crippen LogP contribution in [0.15, 0.2) is 147 Å². The van der Waals surface area contributed by atoms with Crippen LogP contribution in [0.3, 0.4) is 0 Å². The molecule has 6 fully saturated rings. The topological polar surface area (TPSA) is 214 Å². The van der Waals surface area contributed by atoms with E-state index in [1.165, 1.54) is 142 Å². The van der Waals surface area contributed by atoms with Crippen LogP contribution in [0.2, 0.25) is 0 Å². The van der Waals surface area contributed by atoms with Crippen molar-refractivity contribution in [3.05, 3.63) is 232 Å². The zero-order valence-corrected chi connectivity index (χ0v) is 76.4. The van der Waals surface area contributed by atoms with Crippen molar-refractivity contribution in [3.63, 3.8) is 0 Å². The molecule has 0 N–H and O–H groups in total. The molecule has 9 aliphatic rings. The number of benzene rings is 6. The Labute approximate surface area is 765 Å². The molecule has 3 saturated carbocycles. The van der Waals surface area contributed by atoms with Crippen LogP contribution in [-0.2, 0) is 58.0 Å².